The Hall–Kier alpha value is -1.35. The average molecular weight is 303 g/mol. The van der Waals surface area contributed by atoms with Crippen molar-refractivity contribution in [3.8, 4) is 0 Å². The summed E-state index contributed by atoms with van der Waals surface area (Å²) in [7, 11) is 0. The predicted octanol–water partition coefficient (Wildman–Crippen LogP) is 4.26. The maximum Gasteiger partial charge on any atom is 0.338 e. The first-order valence-corrected chi connectivity index (χ1v) is 8.49. The van der Waals surface area contributed by atoms with Gasteiger partial charge in [-0.2, -0.15) is 0 Å². The van der Waals surface area contributed by atoms with Crippen molar-refractivity contribution in [1.29, 1.82) is 0 Å². The van der Waals surface area contributed by atoms with Gasteiger partial charge in [-0.1, -0.05) is 32.4 Å². The van der Waals surface area contributed by atoms with Crippen molar-refractivity contribution < 1.29 is 9.53 Å². The van der Waals surface area contributed by atoms with E-state index in [-0.39, 0.29) is 5.97 Å². The molecule has 2 rings (SSSR count). The quantitative estimate of drug-likeness (QED) is 0.761. The van der Waals surface area contributed by atoms with E-state index >= 15 is 0 Å². The van der Waals surface area contributed by atoms with Gasteiger partial charge in [0.2, 0.25) is 0 Å². The number of ether oxygens (including phenoxy) is 1. The molecule has 0 saturated carbocycles. The lowest BCUT2D eigenvalue weighted by atomic mass is 9.96. The number of hydrogen-bond donors (Lipinski definition) is 0. The van der Waals surface area contributed by atoms with Crippen LogP contribution in [0.5, 0.6) is 0 Å². The average Bonchev–Trinajstić information content (AvgIpc) is 2.49. The molecular weight excluding hydrogens is 274 g/mol. The summed E-state index contributed by atoms with van der Waals surface area (Å²) in [5, 5.41) is 0. The molecule has 0 N–H and O–H groups in total. The van der Waals surface area contributed by atoms with E-state index < -0.39 is 0 Å². The molecule has 22 heavy (non-hydrogen) atoms. The Morgan fingerprint density at radius 3 is 2.32 bits per heavy atom. The highest BCUT2D eigenvalue weighted by molar-refractivity contribution is 5.89. The van der Waals surface area contributed by atoms with Crippen LogP contribution in [0.4, 0.5) is 0 Å². The van der Waals surface area contributed by atoms with Gasteiger partial charge in [0.25, 0.3) is 0 Å². The first kappa shape index (κ1) is 17.0. The molecule has 0 aromatic heterocycles. The van der Waals surface area contributed by atoms with Crippen LogP contribution in [-0.2, 0) is 11.3 Å². The molecule has 1 fully saturated rings. The SMILES string of the molecule is CC(C)COC(=O)c1ccc(CN2C(C)CCCC2C)cc1. The molecule has 2 unspecified atom stereocenters. The Balaban J connectivity index is 1.95. The molecule has 1 aliphatic rings. The van der Waals surface area contributed by atoms with Crippen LogP contribution in [0.25, 0.3) is 0 Å². The summed E-state index contributed by atoms with van der Waals surface area (Å²) in [5.74, 6) is 0.144. The van der Waals surface area contributed by atoms with Crippen molar-refractivity contribution in [2.24, 2.45) is 5.92 Å². The summed E-state index contributed by atoms with van der Waals surface area (Å²) >= 11 is 0. The van der Waals surface area contributed by atoms with Crippen LogP contribution in [0.15, 0.2) is 24.3 Å². The number of carbonyl (C=O) groups is 1. The molecule has 1 aromatic carbocycles. The first-order chi connectivity index (χ1) is 10.5. The maximum atomic E-state index is 11.9. The fraction of sp³-hybridized carbons (Fsp3) is 0.632. The summed E-state index contributed by atoms with van der Waals surface area (Å²) in [6.45, 7) is 10.1. The Morgan fingerprint density at radius 1 is 1.18 bits per heavy atom. The van der Waals surface area contributed by atoms with Gasteiger partial charge in [0.15, 0.2) is 0 Å². The normalized spacial score (nSPS) is 22.8. The fourth-order valence-corrected chi connectivity index (χ4v) is 3.07. The van der Waals surface area contributed by atoms with E-state index in [1.807, 2.05) is 26.0 Å². The molecule has 122 valence electrons. The topological polar surface area (TPSA) is 29.5 Å². The summed E-state index contributed by atoms with van der Waals surface area (Å²) in [5.41, 5.74) is 1.91. The number of carbonyl (C=O) groups excluding carboxylic acids is 1. The van der Waals surface area contributed by atoms with Crippen molar-refractivity contribution >= 4 is 5.97 Å². The lowest BCUT2D eigenvalue weighted by Gasteiger charge is -2.39. The van der Waals surface area contributed by atoms with Crippen molar-refractivity contribution in [2.75, 3.05) is 6.61 Å². The summed E-state index contributed by atoms with van der Waals surface area (Å²) in [6.07, 6.45) is 3.90. The number of benzene rings is 1. The van der Waals surface area contributed by atoms with Crippen LogP contribution in [0.3, 0.4) is 0 Å². The van der Waals surface area contributed by atoms with Gasteiger partial charge in [0, 0.05) is 18.6 Å². The van der Waals surface area contributed by atoms with Gasteiger partial charge in [-0.3, -0.25) is 4.90 Å². The van der Waals surface area contributed by atoms with Gasteiger partial charge in [0.05, 0.1) is 12.2 Å². The second-order valence-corrected chi connectivity index (χ2v) is 6.99. The third-order valence-corrected chi connectivity index (χ3v) is 4.48. The standard InChI is InChI=1S/C19H29NO2/c1-14(2)13-22-19(21)18-10-8-17(9-11-18)12-20-15(3)6-5-7-16(20)4/h8-11,14-16H,5-7,12-13H2,1-4H3. The summed E-state index contributed by atoms with van der Waals surface area (Å²) < 4.78 is 5.26. The number of nitrogens with zero attached hydrogens (tertiary/aromatic N) is 1. The Kier molecular flexibility index (Phi) is 6.01. The van der Waals surface area contributed by atoms with Gasteiger partial charge in [-0.25, -0.2) is 4.79 Å². The molecule has 0 amide bonds. The molecule has 0 bridgehead atoms. The molecular formula is C19H29NO2. The number of rotatable bonds is 5. The van der Waals surface area contributed by atoms with Crippen molar-refractivity contribution in [2.45, 2.75) is 65.6 Å². The zero-order valence-electron chi connectivity index (χ0n) is 14.3. The van der Waals surface area contributed by atoms with Crippen LogP contribution in [0.2, 0.25) is 0 Å². The number of piperidine rings is 1. The second kappa shape index (κ2) is 7.77. The largest absolute Gasteiger partial charge is 0.462 e. The van der Waals surface area contributed by atoms with E-state index in [0.29, 0.717) is 30.2 Å². The molecule has 1 aromatic rings. The molecule has 0 radical (unpaired) electrons. The van der Waals surface area contributed by atoms with Gasteiger partial charge < -0.3 is 4.74 Å². The van der Waals surface area contributed by atoms with Crippen molar-refractivity contribution in [1.82, 2.24) is 4.90 Å². The molecule has 1 aliphatic heterocycles. The maximum absolute atomic E-state index is 11.9. The predicted molar refractivity (Wildman–Crippen MR) is 89.9 cm³/mol. The summed E-state index contributed by atoms with van der Waals surface area (Å²) in [4.78, 5) is 14.5. The van der Waals surface area contributed by atoms with Gasteiger partial charge >= 0.3 is 5.97 Å². The van der Waals surface area contributed by atoms with E-state index in [1.165, 1.54) is 24.8 Å². The second-order valence-electron chi connectivity index (χ2n) is 6.99. The van der Waals surface area contributed by atoms with E-state index in [1.54, 1.807) is 0 Å². The molecule has 3 heteroatoms. The highest BCUT2D eigenvalue weighted by Crippen LogP contribution is 2.24. The number of hydrogen-bond acceptors (Lipinski definition) is 3. The molecule has 1 saturated heterocycles. The third-order valence-electron chi connectivity index (χ3n) is 4.48. The molecule has 1 heterocycles. The zero-order chi connectivity index (χ0) is 16.1. The van der Waals surface area contributed by atoms with Crippen LogP contribution >= 0.6 is 0 Å². The lowest BCUT2D eigenvalue weighted by molar-refractivity contribution is 0.0459. The Bertz CT molecular complexity index is 471. The van der Waals surface area contributed by atoms with Crippen LogP contribution in [0, 0.1) is 5.92 Å². The first-order valence-electron chi connectivity index (χ1n) is 8.49. The van der Waals surface area contributed by atoms with E-state index in [0.717, 1.165) is 6.54 Å². The monoisotopic (exact) mass is 303 g/mol. The van der Waals surface area contributed by atoms with Crippen LogP contribution in [-0.4, -0.2) is 29.6 Å². The smallest absolute Gasteiger partial charge is 0.338 e. The molecule has 2 atom stereocenters. The number of likely N-dealkylation sites (tertiary alicyclic amines) is 1. The van der Waals surface area contributed by atoms with Crippen molar-refractivity contribution in [3.05, 3.63) is 35.4 Å². The van der Waals surface area contributed by atoms with Crippen LogP contribution in [0.1, 0.15) is 62.9 Å². The third kappa shape index (κ3) is 4.57. The fourth-order valence-electron chi connectivity index (χ4n) is 3.07. The van der Waals surface area contributed by atoms with Crippen molar-refractivity contribution in [3.63, 3.8) is 0 Å². The highest BCUT2D eigenvalue weighted by Gasteiger charge is 2.24. The van der Waals surface area contributed by atoms with E-state index in [4.69, 9.17) is 4.74 Å². The minimum atomic E-state index is -0.222. The molecule has 0 spiro atoms. The molecule has 0 aliphatic carbocycles. The minimum absolute atomic E-state index is 0.222. The van der Waals surface area contributed by atoms with Gasteiger partial charge in [-0.05, 0) is 50.3 Å². The molecule has 3 nitrogen and oxygen atoms in total. The Morgan fingerprint density at radius 2 is 1.77 bits per heavy atom. The Labute approximate surface area is 134 Å². The zero-order valence-corrected chi connectivity index (χ0v) is 14.3. The lowest BCUT2D eigenvalue weighted by Crippen LogP contribution is -2.42. The van der Waals surface area contributed by atoms with E-state index in [2.05, 4.69) is 30.9 Å². The highest BCUT2D eigenvalue weighted by atomic mass is 16.5. The van der Waals surface area contributed by atoms with Crippen LogP contribution < -0.4 is 0 Å². The van der Waals surface area contributed by atoms with E-state index in [9.17, 15) is 4.79 Å². The van der Waals surface area contributed by atoms with Gasteiger partial charge in [-0.15, -0.1) is 0 Å². The summed E-state index contributed by atoms with van der Waals surface area (Å²) in [6, 6.07) is 9.16. The number of esters is 1. The van der Waals surface area contributed by atoms with Gasteiger partial charge in [0.1, 0.15) is 0 Å². The minimum Gasteiger partial charge on any atom is -0.462 e.